The number of hydrogen-bond donors (Lipinski definition) is 1. The second-order valence-corrected chi connectivity index (χ2v) is 6.58. The van der Waals surface area contributed by atoms with Crippen LogP contribution in [0.1, 0.15) is 22.5 Å². The minimum Gasteiger partial charge on any atom is -0.439 e. The second-order valence-electron chi connectivity index (χ2n) is 6.58. The van der Waals surface area contributed by atoms with Gasteiger partial charge in [-0.1, -0.05) is 41.6 Å². The number of nitrogens with one attached hydrogen (secondary N) is 1. The van der Waals surface area contributed by atoms with Crippen molar-refractivity contribution in [3.8, 4) is 11.6 Å². The van der Waals surface area contributed by atoms with E-state index in [1.54, 1.807) is 24.5 Å². The number of halogens is 1. The number of aromatic nitrogens is 2. The summed E-state index contributed by atoms with van der Waals surface area (Å²) in [6, 6.07) is 21.6. The maximum atomic E-state index is 13.0. The third kappa shape index (κ3) is 5.27. The summed E-state index contributed by atoms with van der Waals surface area (Å²) in [5.41, 5.74) is 3.97. The standard InChI is InChI=1S/C23H20FN3O2/c24-19-9-11-21(12-10-19)29-23-8-4-7-20(26-23)15-25-14-18-16-28-27-22(18)13-17-5-2-1-3-6-17/h1-12,16,25H,13-15H2. The maximum Gasteiger partial charge on any atom is 0.219 e. The molecule has 0 saturated carbocycles. The van der Waals surface area contributed by atoms with Crippen LogP contribution in [0, 0.1) is 5.82 Å². The van der Waals surface area contributed by atoms with Crippen LogP contribution in [0.25, 0.3) is 0 Å². The summed E-state index contributed by atoms with van der Waals surface area (Å²) >= 11 is 0. The van der Waals surface area contributed by atoms with Crippen molar-refractivity contribution in [3.05, 3.63) is 107 Å². The van der Waals surface area contributed by atoms with Crippen LogP contribution in [0.3, 0.4) is 0 Å². The van der Waals surface area contributed by atoms with Gasteiger partial charge in [0.25, 0.3) is 0 Å². The molecule has 146 valence electrons. The minimum atomic E-state index is -0.302. The van der Waals surface area contributed by atoms with Gasteiger partial charge in [-0.05, 0) is 35.9 Å². The SMILES string of the molecule is Fc1ccc(Oc2cccc(CNCc3conc3Cc3ccccc3)n2)cc1. The van der Waals surface area contributed by atoms with Crippen molar-refractivity contribution in [2.45, 2.75) is 19.5 Å². The average Bonchev–Trinajstić information content (AvgIpc) is 3.18. The van der Waals surface area contributed by atoms with Crippen molar-refractivity contribution < 1.29 is 13.7 Å². The summed E-state index contributed by atoms with van der Waals surface area (Å²) in [5, 5.41) is 7.49. The van der Waals surface area contributed by atoms with Gasteiger partial charge in [-0.3, -0.25) is 0 Å². The van der Waals surface area contributed by atoms with Crippen LogP contribution >= 0.6 is 0 Å². The van der Waals surface area contributed by atoms with Crippen LogP contribution in [0.2, 0.25) is 0 Å². The molecule has 1 N–H and O–H groups in total. The molecule has 0 unspecified atom stereocenters. The van der Waals surface area contributed by atoms with Gasteiger partial charge in [0.1, 0.15) is 17.8 Å². The van der Waals surface area contributed by atoms with Gasteiger partial charge < -0.3 is 14.6 Å². The van der Waals surface area contributed by atoms with Gasteiger partial charge in [0.05, 0.1) is 11.4 Å². The Labute approximate surface area is 168 Å². The molecule has 0 radical (unpaired) electrons. The number of benzene rings is 2. The van der Waals surface area contributed by atoms with Gasteiger partial charge in [0.15, 0.2) is 0 Å². The summed E-state index contributed by atoms with van der Waals surface area (Å²) < 4.78 is 23.8. The number of nitrogens with zero attached hydrogens (tertiary/aromatic N) is 2. The molecule has 29 heavy (non-hydrogen) atoms. The molecule has 0 bridgehead atoms. The quantitative estimate of drug-likeness (QED) is 0.465. The number of pyridine rings is 1. The highest BCUT2D eigenvalue weighted by Gasteiger charge is 2.09. The van der Waals surface area contributed by atoms with E-state index in [2.05, 4.69) is 27.6 Å². The Balaban J connectivity index is 1.33. The molecule has 5 nitrogen and oxygen atoms in total. The molecule has 0 aliphatic carbocycles. The van der Waals surface area contributed by atoms with Gasteiger partial charge in [-0.25, -0.2) is 9.37 Å². The van der Waals surface area contributed by atoms with E-state index in [0.29, 0.717) is 24.7 Å². The smallest absolute Gasteiger partial charge is 0.219 e. The molecule has 0 saturated heterocycles. The van der Waals surface area contributed by atoms with Crippen molar-refractivity contribution in [3.63, 3.8) is 0 Å². The summed E-state index contributed by atoms with van der Waals surface area (Å²) in [7, 11) is 0. The molecule has 2 heterocycles. The number of hydrogen-bond acceptors (Lipinski definition) is 5. The maximum absolute atomic E-state index is 13.0. The van der Waals surface area contributed by atoms with Crippen molar-refractivity contribution in [2.24, 2.45) is 0 Å². The Bertz CT molecular complexity index is 1050. The highest BCUT2D eigenvalue weighted by atomic mass is 19.1. The van der Waals surface area contributed by atoms with E-state index in [9.17, 15) is 4.39 Å². The van der Waals surface area contributed by atoms with E-state index in [1.807, 2.05) is 30.3 Å². The number of rotatable bonds is 8. The molecule has 6 heteroatoms. The molecule has 0 aliphatic rings. The van der Waals surface area contributed by atoms with Crippen molar-refractivity contribution in [1.29, 1.82) is 0 Å². The molecule has 4 aromatic rings. The Hall–Kier alpha value is -3.51. The lowest BCUT2D eigenvalue weighted by atomic mass is 10.1. The van der Waals surface area contributed by atoms with Crippen molar-refractivity contribution in [1.82, 2.24) is 15.5 Å². The van der Waals surface area contributed by atoms with E-state index in [4.69, 9.17) is 9.26 Å². The first kappa shape index (κ1) is 18.8. The van der Waals surface area contributed by atoms with Gasteiger partial charge in [-0.15, -0.1) is 0 Å². The fraction of sp³-hybridized carbons (Fsp3) is 0.130. The third-order valence-corrected chi connectivity index (χ3v) is 4.38. The molecule has 0 aliphatic heterocycles. The van der Waals surface area contributed by atoms with Gasteiger partial charge in [0, 0.05) is 31.1 Å². The first-order valence-electron chi connectivity index (χ1n) is 9.32. The third-order valence-electron chi connectivity index (χ3n) is 4.38. The van der Waals surface area contributed by atoms with Crippen LogP contribution in [0.5, 0.6) is 11.6 Å². The van der Waals surface area contributed by atoms with Crippen LogP contribution in [0.4, 0.5) is 4.39 Å². The van der Waals surface area contributed by atoms with E-state index >= 15 is 0 Å². The van der Waals surface area contributed by atoms with Crippen LogP contribution in [0.15, 0.2) is 83.6 Å². The molecule has 4 rings (SSSR count). The predicted octanol–water partition coefficient (Wildman–Crippen LogP) is 4.88. The lowest BCUT2D eigenvalue weighted by Gasteiger charge is -2.08. The minimum absolute atomic E-state index is 0.302. The Morgan fingerprint density at radius 3 is 2.55 bits per heavy atom. The Morgan fingerprint density at radius 2 is 1.72 bits per heavy atom. The second kappa shape index (κ2) is 9.12. The van der Waals surface area contributed by atoms with E-state index < -0.39 is 0 Å². The zero-order chi connectivity index (χ0) is 19.9. The van der Waals surface area contributed by atoms with E-state index in [0.717, 1.165) is 23.4 Å². The van der Waals surface area contributed by atoms with Crippen LogP contribution < -0.4 is 10.1 Å². The fourth-order valence-electron chi connectivity index (χ4n) is 2.92. The van der Waals surface area contributed by atoms with Gasteiger partial charge >= 0.3 is 0 Å². The van der Waals surface area contributed by atoms with Crippen molar-refractivity contribution in [2.75, 3.05) is 0 Å². The monoisotopic (exact) mass is 389 g/mol. The van der Waals surface area contributed by atoms with Gasteiger partial charge in [0.2, 0.25) is 5.88 Å². The molecule has 0 spiro atoms. The number of ether oxygens (including phenoxy) is 1. The lowest BCUT2D eigenvalue weighted by molar-refractivity contribution is 0.412. The summed E-state index contributed by atoms with van der Waals surface area (Å²) in [4.78, 5) is 4.48. The zero-order valence-electron chi connectivity index (χ0n) is 15.7. The highest BCUT2D eigenvalue weighted by molar-refractivity contribution is 5.28. The lowest BCUT2D eigenvalue weighted by Crippen LogP contribution is -2.14. The zero-order valence-corrected chi connectivity index (χ0v) is 15.7. The first-order valence-corrected chi connectivity index (χ1v) is 9.32. The molecule has 2 aromatic carbocycles. The van der Waals surface area contributed by atoms with E-state index in [1.165, 1.54) is 17.7 Å². The molecule has 0 amide bonds. The Kier molecular flexibility index (Phi) is 5.92. The fourth-order valence-corrected chi connectivity index (χ4v) is 2.92. The molecule has 0 fully saturated rings. The van der Waals surface area contributed by atoms with Gasteiger partial charge in [-0.2, -0.15) is 0 Å². The summed E-state index contributed by atoms with van der Waals surface area (Å²) in [6.07, 6.45) is 2.40. The predicted molar refractivity (Wildman–Crippen MR) is 107 cm³/mol. The normalized spacial score (nSPS) is 10.8. The topological polar surface area (TPSA) is 60.2 Å². The van der Waals surface area contributed by atoms with E-state index in [-0.39, 0.29) is 5.82 Å². The summed E-state index contributed by atoms with van der Waals surface area (Å²) in [6.45, 7) is 1.19. The van der Waals surface area contributed by atoms with Crippen LogP contribution in [-0.4, -0.2) is 10.1 Å². The van der Waals surface area contributed by atoms with Crippen LogP contribution in [-0.2, 0) is 19.5 Å². The highest BCUT2D eigenvalue weighted by Crippen LogP contribution is 2.20. The first-order chi connectivity index (χ1) is 14.3. The molecule has 0 atom stereocenters. The molecular weight excluding hydrogens is 369 g/mol. The van der Waals surface area contributed by atoms with Crippen molar-refractivity contribution >= 4 is 0 Å². The average molecular weight is 389 g/mol. The largest absolute Gasteiger partial charge is 0.439 e. The molecular formula is C23H20FN3O2. The summed E-state index contributed by atoms with van der Waals surface area (Å²) in [5.74, 6) is 0.702. The molecule has 2 aromatic heterocycles. The Morgan fingerprint density at radius 1 is 0.897 bits per heavy atom.